The highest BCUT2D eigenvalue weighted by Gasteiger charge is 2.23. The fraction of sp³-hybridized carbons (Fsp3) is 0.565. The molecule has 1 N–H and O–H groups in total. The van der Waals surface area contributed by atoms with Crippen LogP contribution in [0.5, 0.6) is 5.88 Å². The molecule has 0 atom stereocenters. The number of rotatable bonds is 6. The minimum absolute atomic E-state index is 0.131. The van der Waals surface area contributed by atoms with Crippen molar-refractivity contribution >= 4 is 17.8 Å². The van der Waals surface area contributed by atoms with Gasteiger partial charge in [0.1, 0.15) is 18.1 Å². The Balaban J connectivity index is 0.00000103. The summed E-state index contributed by atoms with van der Waals surface area (Å²) in [6.07, 6.45) is 8.24. The van der Waals surface area contributed by atoms with E-state index in [2.05, 4.69) is 33.8 Å². The van der Waals surface area contributed by atoms with Crippen LogP contribution in [0, 0.1) is 6.92 Å². The number of amides is 1. The zero-order chi connectivity index (χ0) is 22.7. The van der Waals surface area contributed by atoms with E-state index >= 15 is 0 Å². The lowest BCUT2D eigenvalue weighted by Crippen LogP contribution is -2.41. The van der Waals surface area contributed by atoms with Gasteiger partial charge in [-0.25, -0.2) is 4.98 Å². The van der Waals surface area contributed by atoms with Gasteiger partial charge in [-0.2, -0.15) is 0 Å². The van der Waals surface area contributed by atoms with Crippen molar-refractivity contribution in [2.75, 3.05) is 20.1 Å². The van der Waals surface area contributed by atoms with Crippen LogP contribution in [0.4, 0.5) is 0 Å². The molecule has 0 aliphatic carbocycles. The highest BCUT2D eigenvalue weighted by atomic mass is 16.5. The number of piperidine rings is 1. The number of carbonyl (C=O) groups excluding carboxylic acids is 2. The van der Waals surface area contributed by atoms with Crippen LogP contribution in [0.2, 0.25) is 0 Å². The molecule has 1 fully saturated rings. The molecule has 1 aromatic rings. The van der Waals surface area contributed by atoms with Gasteiger partial charge in [0.05, 0.1) is 17.5 Å². The van der Waals surface area contributed by atoms with Crippen LogP contribution in [-0.4, -0.2) is 58.8 Å². The number of aromatic nitrogens is 2. The summed E-state index contributed by atoms with van der Waals surface area (Å²) >= 11 is 0. The van der Waals surface area contributed by atoms with Gasteiger partial charge in [0.15, 0.2) is 0 Å². The predicted octanol–water partition coefficient (Wildman–Crippen LogP) is 3.34. The first-order valence-electron chi connectivity index (χ1n) is 10.4. The van der Waals surface area contributed by atoms with Gasteiger partial charge in [0.2, 0.25) is 5.88 Å². The van der Waals surface area contributed by atoms with Crippen LogP contribution in [0.1, 0.15) is 58.3 Å². The van der Waals surface area contributed by atoms with E-state index in [0.29, 0.717) is 23.4 Å². The lowest BCUT2D eigenvalue weighted by atomic mass is 10.0. The van der Waals surface area contributed by atoms with Gasteiger partial charge >= 0.3 is 0 Å². The maximum Gasteiger partial charge on any atom is 0.253 e. The molecule has 1 aliphatic heterocycles. The Morgan fingerprint density at radius 2 is 1.97 bits per heavy atom. The molecule has 7 heteroatoms. The third-order valence-corrected chi connectivity index (χ3v) is 4.38. The van der Waals surface area contributed by atoms with Gasteiger partial charge in [-0.05, 0) is 60.1 Å². The number of carbonyl (C=O) groups is 2. The summed E-state index contributed by atoms with van der Waals surface area (Å²) in [6, 6.07) is 0. The first-order valence-corrected chi connectivity index (χ1v) is 10.4. The smallest absolute Gasteiger partial charge is 0.253 e. The molecule has 1 aliphatic rings. The van der Waals surface area contributed by atoms with Crippen LogP contribution in [0.25, 0.3) is 5.57 Å². The number of aldehydes is 1. The quantitative estimate of drug-likeness (QED) is 0.566. The monoisotopic (exact) mass is 416 g/mol. The number of allylic oxidation sites excluding steroid dienone is 2. The Kier molecular flexibility index (Phi) is 10.4. The van der Waals surface area contributed by atoms with E-state index in [1.54, 1.807) is 6.20 Å². The molecule has 0 aromatic carbocycles. The first-order chi connectivity index (χ1) is 14.1. The minimum Gasteiger partial charge on any atom is -0.473 e. The Hall–Kier alpha value is -2.54. The van der Waals surface area contributed by atoms with Crippen molar-refractivity contribution in [3.05, 3.63) is 36.3 Å². The van der Waals surface area contributed by atoms with Gasteiger partial charge in [-0.1, -0.05) is 19.6 Å². The molecule has 0 spiro atoms. The van der Waals surface area contributed by atoms with E-state index in [0.717, 1.165) is 38.0 Å². The minimum atomic E-state index is -0.312. The van der Waals surface area contributed by atoms with Gasteiger partial charge in [0.25, 0.3) is 5.91 Å². The number of hydrogen-bond donors (Lipinski definition) is 1. The van der Waals surface area contributed by atoms with Gasteiger partial charge in [-0.3, -0.25) is 14.6 Å². The maximum atomic E-state index is 12.7. The summed E-state index contributed by atoms with van der Waals surface area (Å²) in [6.45, 7) is 14.9. The van der Waals surface area contributed by atoms with Crippen molar-refractivity contribution in [2.45, 2.75) is 65.5 Å². The molecule has 2 rings (SSSR count). The largest absolute Gasteiger partial charge is 0.473 e. The zero-order valence-electron chi connectivity index (χ0n) is 19.2. The molecule has 0 radical (unpaired) electrons. The summed E-state index contributed by atoms with van der Waals surface area (Å²) in [5.41, 5.74) is 1.57. The predicted molar refractivity (Wildman–Crippen MR) is 120 cm³/mol. The fourth-order valence-electron chi connectivity index (χ4n) is 2.93. The SMILES string of the molecule is C=CC=O.CC/C=C(/C(=O)NC(C)(C)C)c1nc(OC2CCN(C)CC2)cnc1C. The van der Waals surface area contributed by atoms with Crippen molar-refractivity contribution in [3.63, 3.8) is 0 Å². The number of likely N-dealkylation sites (tertiary alicyclic amines) is 1. The normalized spacial score (nSPS) is 15.6. The fourth-order valence-corrected chi connectivity index (χ4v) is 2.93. The average molecular weight is 417 g/mol. The molecule has 0 saturated carbocycles. The van der Waals surface area contributed by atoms with Gasteiger partial charge < -0.3 is 15.0 Å². The molecular formula is C23H36N4O3. The van der Waals surface area contributed by atoms with E-state index in [9.17, 15) is 4.79 Å². The summed E-state index contributed by atoms with van der Waals surface area (Å²) in [7, 11) is 2.12. The Labute approximate surface area is 180 Å². The second kappa shape index (κ2) is 12.2. The van der Waals surface area contributed by atoms with Gasteiger partial charge in [0, 0.05) is 18.6 Å². The molecule has 0 unspecified atom stereocenters. The van der Waals surface area contributed by atoms with E-state index in [1.807, 2.05) is 40.7 Å². The second-order valence-corrected chi connectivity index (χ2v) is 8.36. The van der Waals surface area contributed by atoms with Gasteiger partial charge in [-0.15, -0.1) is 0 Å². The number of hydrogen-bond acceptors (Lipinski definition) is 6. The van der Waals surface area contributed by atoms with E-state index in [1.165, 1.54) is 6.08 Å². The molecule has 30 heavy (non-hydrogen) atoms. The molecule has 1 amide bonds. The molecule has 2 heterocycles. The molecule has 0 bridgehead atoms. The van der Waals surface area contributed by atoms with Crippen molar-refractivity contribution in [1.82, 2.24) is 20.2 Å². The van der Waals surface area contributed by atoms with Crippen LogP contribution in [-0.2, 0) is 9.59 Å². The van der Waals surface area contributed by atoms with E-state index < -0.39 is 0 Å². The number of nitrogens with zero attached hydrogens (tertiary/aromatic N) is 3. The average Bonchev–Trinajstić information content (AvgIpc) is 2.68. The topological polar surface area (TPSA) is 84.4 Å². The van der Waals surface area contributed by atoms with Crippen molar-refractivity contribution in [2.24, 2.45) is 0 Å². The van der Waals surface area contributed by atoms with Crippen LogP contribution >= 0.6 is 0 Å². The summed E-state index contributed by atoms with van der Waals surface area (Å²) in [5.74, 6) is 0.360. The number of nitrogens with one attached hydrogen (secondary N) is 1. The highest BCUT2D eigenvalue weighted by molar-refractivity contribution is 6.19. The van der Waals surface area contributed by atoms with Crippen molar-refractivity contribution in [1.29, 1.82) is 0 Å². The second-order valence-electron chi connectivity index (χ2n) is 8.36. The third kappa shape index (κ3) is 8.86. The van der Waals surface area contributed by atoms with E-state index in [4.69, 9.17) is 9.53 Å². The number of aryl methyl sites for hydroxylation is 1. The van der Waals surface area contributed by atoms with Crippen molar-refractivity contribution in [3.8, 4) is 5.88 Å². The molecule has 7 nitrogen and oxygen atoms in total. The van der Waals surface area contributed by atoms with Crippen LogP contribution in [0.3, 0.4) is 0 Å². The third-order valence-electron chi connectivity index (χ3n) is 4.38. The van der Waals surface area contributed by atoms with Crippen LogP contribution in [0.15, 0.2) is 24.9 Å². The Morgan fingerprint density at radius 3 is 2.47 bits per heavy atom. The highest BCUT2D eigenvalue weighted by Crippen LogP contribution is 2.22. The first kappa shape index (κ1) is 25.5. The molecule has 1 aromatic heterocycles. The molecule has 166 valence electrons. The maximum absolute atomic E-state index is 12.7. The summed E-state index contributed by atoms with van der Waals surface area (Å²) in [5, 5.41) is 3.01. The summed E-state index contributed by atoms with van der Waals surface area (Å²) in [4.78, 5) is 33.1. The van der Waals surface area contributed by atoms with E-state index in [-0.39, 0.29) is 17.6 Å². The zero-order valence-corrected chi connectivity index (χ0v) is 19.2. The Morgan fingerprint density at radius 1 is 1.37 bits per heavy atom. The molecule has 1 saturated heterocycles. The molecular weight excluding hydrogens is 380 g/mol. The summed E-state index contributed by atoms with van der Waals surface area (Å²) < 4.78 is 6.05. The van der Waals surface area contributed by atoms with Crippen molar-refractivity contribution < 1.29 is 14.3 Å². The lowest BCUT2D eigenvalue weighted by Gasteiger charge is -2.29. The Bertz CT molecular complexity index is 739. The van der Waals surface area contributed by atoms with Crippen LogP contribution < -0.4 is 10.1 Å². The number of ether oxygens (including phenoxy) is 1. The standard InChI is InChI=1S/C20H32N4O2.C3H4O/c1-7-8-16(19(25)23-20(3,4)5)18-14(2)21-13-17(22-18)26-15-9-11-24(6)12-10-15;1-2-3-4/h8,13,15H,7,9-12H2,1-6H3,(H,23,25);2-3H,1H2/b16-8+;. The lowest BCUT2D eigenvalue weighted by molar-refractivity contribution is -0.117.